The summed E-state index contributed by atoms with van der Waals surface area (Å²) in [5.41, 5.74) is 0.176. The van der Waals surface area contributed by atoms with Gasteiger partial charge in [0.05, 0.1) is 0 Å². The maximum atomic E-state index is 9.77. The fraction of sp³-hybridized carbons (Fsp3) is 0.375. The largest absolute Gasteiger partial charge is 1.00 e. The fourth-order valence-electron chi connectivity index (χ4n) is 0.270. The molecule has 0 aliphatic carbocycles. The maximum Gasteiger partial charge on any atom is 1.00 e. The molecule has 0 bridgehead atoms. The van der Waals surface area contributed by atoms with Gasteiger partial charge in [0.15, 0.2) is 12.2 Å². The zero-order chi connectivity index (χ0) is 13.5. The van der Waals surface area contributed by atoms with Gasteiger partial charge in [0.25, 0.3) is 0 Å². The van der Waals surface area contributed by atoms with Crippen LogP contribution in [0.1, 0.15) is 8.35 Å². The zero-order valence-electron chi connectivity index (χ0n) is 10.3. The summed E-state index contributed by atoms with van der Waals surface area (Å²) in [6, 6.07) is 0. The SMILES string of the molecule is C=C(C)C(=O)O.O=C(O)C(O)C(O)C(=O)O.[H-].[K+]. The van der Waals surface area contributed by atoms with Gasteiger partial charge in [-0.05, 0) is 6.92 Å². The van der Waals surface area contributed by atoms with Crippen molar-refractivity contribution in [2.45, 2.75) is 19.1 Å². The molecular formula is C8H13KO8. The number of carboxylic acids is 3. The van der Waals surface area contributed by atoms with Gasteiger partial charge in [-0.3, -0.25) is 0 Å². The number of hydrogen-bond donors (Lipinski definition) is 5. The zero-order valence-corrected chi connectivity index (χ0v) is 12.4. The van der Waals surface area contributed by atoms with E-state index in [1.165, 1.54) is 6.92 Å². The molecule has 0 aromatic carbocycles. The molecule has 0 rings (SSSR count). The Hall–Kier alpha value is -0.294. The predicted octanol–water partition coefficient (Wildman–Crippen LogP) is -4.36. The van der Waals surface area contributed by atoms with E-state index in [1.54, 1.807) is 0 Å². The normalized spacial score (nSPS) is 11.9. The van der Waals surface area contributed by atoms with Crippen molar-refractivity contribution in [2.24, 2.45) is 0 Å². The van der Waals surface area contributed by atoms with Crippen LogP contribution in [0.5, 0.6) is 0 Å². The van der Waals surface area contributed by atoms with Crippen LogP contribution in [0.4, 0.5) is 0 Å². The minimum absolute atomic E-state index is 0. The average molecular weight is 276 g/mol. The Kier molecular flexibility index (Phi) is 14.0. The van der Waals surface area contributed by atoms with Crippen molar-refractivity contribution in [1.82, 2.24) is 0 Å². The van der Waals surface area contributed by atoms with Crippen molar-refractivity contribution >= 4 is 17.9 Å². The maximum absolute atomic E-state index is 9.77. The number of carboxylic acid groups (broad SMARTS) is 3. The second kappa shape index (κ2) is 10.8. The van der Waals surface area contributed by atoms with E-state index < -0.39 is 30.1 Å². The Morgan fingerprint density at radius 3 is 1.24 bits per heavy atom. The molecule has 0 aliphatic heterocycles. The molecule has 0 saturated heterocycles. The molecule has 0 amide bonds. The summed E-state index contributed by atoms with van der Waals surface area (Å²) < 4.78 is 0. The van der Waals surface area contributed by atoms with Gasteiger partial charge in [0.2, 0.25) is 0 Å². The minimum atomic E-state index is -2.27. The Morgan fingerprint density at radius 2 is 1.18 bits per heavy atom. The number of carbonyl (C=O) groups is 3. The smallest absolute Gasteiger partial charge is 1.00 e. The minimum Gasteiger partial charge on any atom is -1.00 e. The number of hydrogen-bond acceptors (Lipinski definition) is 5. The third-order valence-electron chi connectivity index (χ3n) is 1.17. The number of aliphatic carboxylic acids is 3. The molecule has 8 nitrogen and oxygen atoms in total. The molecule has 0 aromatic rings. The standard InChI is InChI=1S/C4H6O6.C4H6O2.K.H/c5-1(3(7)8)2(6)4(9)10;1-3(2)4(5)6;;/h1-2,5-6H,(H,7,8)(H,9,10);1H2,2H3,(H,5,6);;/q;;+1;-1. The van der Waals surface area contributed by atoms with E-state index >= 15 is 0 Å². The molecule has 0 heterocycles. The van der Waals surface area contributed by atoms with Gasteiger partial charge < -0.3 is 27.0 Å². The number of aliphatic hydroxyl groups is 2. The van der Waals surface area contributed by atoms with Crippen molar-refractivity contribution in [3.8, 4) is 0 Å². The number of rotatable bonds is 4. The molecule has 17 heavy (non-hydrogen) atoms. The quantitative estimate of drug-likeness (QED) is 0.255. The van der Waals surface area contributed by atoms with Gasteiger partial charge in [-0.15, -0.1) is 0 Å². The van der Waals surface area contributed by atoms with Crippen LogP contribution in [0.15, 0.2) is 12.2 Å². The van der Waals surface area contributed by atoms with Crippen LogP contribution in [0, 0.1) is 0 Å². The molecule has 0 spiro atoms. The Labute approximate surface area is 140 Å². The molecule has 9 heteroatoms. The summed E-state index contributed by atoms with van der Waals surface area (Å²) >= 11 is 0. The van der Waals surface area contributed by atoms with Crippen LogP contribution in [0.2, 0.25) is 0 Å². The van der Waals surface area contributed by atoms with E-state index in [9.17, 15) is 14.4 Å². The first-order valence-corrected chi connectivity index (χ1v) is 3.81. The molecule has 0 radical (unpaired) electrons. The van der Waals surface area contributed by atoms with Crippen LogP contribution >= 0.6 is 0 Å². The second-order valence-corrected chi connectivity index (χ2v) is 2.65. The molecule has 2 unspecified atom stereocenters. The summed E-state index contributed by atoms with van der Waals surface area (Å²) in [5.74, 6) is -4.47. The van der Waals surface area contributed by atoms with E-state index in [2.05, 4.69) is 6.58 Å². The topological polar surface area (TPSA) is 152 Å². The summed E-state index contributed by atoms with van der Waals surface area (Å²) in [6.45, 7) is 4.60. The molecule has 0 aliphatic rings. The van der Waals surface area contributed by atoms with Gasteiger partial charge in [-0.1, -0.05) is 6.58 Å². The second-order valence-electron chi connectivity index (χ2n) is 2.65. The molecule has 94 valence electrons. The van der Waals surface area contributed by atoms with Gasteiger partial charge in [0.1, 0.15) is 0 Å². The first-order chi connectivity index (χ1) is 7.11. The van der Waals surface area contributed by atoms with Crippen molar-refractivity contribution in [3.63, 3.8) is 0 Å². The predicted molar refractivity (Wildman–Crippen MR) is 50.8 cm³/mol. The molecular weight excluding hydrogens is 263 g/mol. The summed E-state index contributed by atoms with van der Waals surface area (Å²) in [6.07, 6.45) is -4.53. The van der Waals surface area contributed by atoms with Gasteiger partial charge in [-0.2, -0.15) is 0 Å². The average Bonchev–Trinajstić information content (AvgIpc) is 2.15. The Morgan fingerprint density at radius 1 is 1.00 bits per heavy atom. The van der Waals surface area contributed by atoms with E-state index in [4.69, 9.17) is 25.5 Å². The van der Waals surface area contributed by atoms with E-state index in [0.717, 1.165) is 0 Å². The van der Waals surface area contributed by atoms with E-state index in [-0.39, 0.29) is 58.4 Å². The monoisotopic (exact) mass is 276 g/mol. The summed E-state index contributed by atoms with van der Waals surface area (Å²) in [4.78, 5) is 29.1. The molecule has 5 N–H and O–H groups in total. The third-order valence-corrected chi connectivity index (χ3v) is 1.17. The Balaban J connectivity index is -0.000000108. The van der Waals surface area contributed by atoms with Crippen LogP contribution in [0.3, 0.4) is 0 Å². The first-order valence-electron chi connectivity index (χ1n) is 3.81. The van der Waals surface area contributed by atoms with E-state index in [1.807, 2.05) is 0 Å². The van der Waals surface area contributed by atoms with Crippen LogP contribution in [0.25, 0.3) is 0 Å². The first kappa shape index (κ1) is 21.9. The van der Waals surface area contributed by atoms with Gasteiger partial charge in [0, 0.05) is 5.57 Å². The van der Waals surface area contributed by atoms with Crippen molar-refractivity contribution < 1.29 is 92.7 Å². The fourth-order valence-corrected chi connectivity index (χ4v) is 0.270. The third kappa shape index (κ3) is 12.0. The molecule has 0 fully saturated rings. The molecule has 0 aromatic heterocycles. The Bertz CT molecular complexity index is 275. The van der Waals surface area contributed by atoms with Crippen LogP contribution in [-0.4, -0.2) is 55.6 Å². The summed E-state index contributed by atoms with van der Waals surface area (Å²) in [7, 11) is 0. The van der Waals surface area contributed by atoms with Crippen LogP contribution < -0.4 is 51.4 Å². The van der Waals surface area contributed by atoms with Gasteiger partial charge in [-0.25, -0.2) is 14.4 Å². The molecule has 0 saturated carbocycles. The summed E-state index contributed by atoms with van der Waals surface area (Å²) in [5, 5.41) is 40.4. The van der Waals surface area contributed by atoms with Gasteiger partial charge >= 0.3 is 69.3 Å². The number of aliphatic hydroxyl groups excluding tert-OH is 2. The van der Waals surface area contributed by atoms with Crippen LogP contribution in [-0.2, 0) is 14.4 Å². The van der Waals surface area contributed by atoms with Crippen molar-refractivity contribution in [2.75, 3.05) is 0 Å². The van der Waals surface area contributed by atoms with Crippen molar-refractivity contribution in [1.29, 1.82) is 0 Å². The molecule has 2 atom stereocenters. The van der Waals surface area contributed by atoms with Crippen molar-refractivity contribution in [3.05, 3.63) is 12.2 Å². The van der Waals surface area contributed by atoms with E-state index in [0.29, 0.717) is 0 Å².